The van der Waals surface area contributed by atoms with Gasteiger partial charge in [-0.15, -0.1) is 0 Å². The number of hydrogen-bond donors (Lipinski definition) is 2. The highest BCUT2D eigenvalue weighted by atomic mass is 16.2. The number of rotatable bonds is 10. The Morgan fingerprint density at radius 2 is 1.09 bits per heavy atom. The monoisotopic (exact) mass is 314 g/mol. The zero-order chi connectivity index (χ0) is 17.3. The van der Waals surface area contributed by atoms with Crippen molar-refractivity contribution in [3.63, 3.8) is 0 Å². The first-order chi connectivity index (χ1) is 10.1. The van der Waals surface area contributed by atoms with E-state index >= 15 is 0 Å². The highest BCUT2D eigenvalue weighted by Crippen LogP contribution is 2.01. The lowest BCUT2D eigenvalue weighted by Gasteiger charge is -2.25. The molecule has 0 saturated heterocycles. The molecule has 0 spiro atoms. The molecule has 0 aliphatic heterocycles. The van der Waals surface area contributed by atoms with Gasteiger partial charge < -0.3 is 10.6 Å². The third-order valence-electron chi connectivity index (χ3n) is 2.97. The van der Waals surface area contributed by atoms with Crippen molar-refractivity contribution >= 4 is 11.8 Å². The van der Waals surface area contributed by atoms with Crippen LogP contribution in [-0.4, -0.2) is 74.0 Å². The van der Waals surface area contributed by atoms with Crippen LogP contribution in [0.2, 0.25) is 0 Å². The first-order valence-corrected chi connectivity index (χ1v) is 8.06. The zero-order valence-electron chi connectivity index (χ0n) is 15.3. The van der Waals surface area contributed by atoms with Crippen LogP contribution in [0.15, 0.2) is 0 Å². The Labute approximate surface area is 135 Å². The summed E-state index contributed by atoms with van der Waals surface area (Å²) >= 11 is 0. The number of nitrogens with zero attached hydrogens (tertiary/aromatic N) is 2. The number of nitrogens with one attached hydrogen (secondary N) is 2. The molecular formula is C16H34N4O2. The molecule has 0 fully saturated rings. The minimum Gasteiger partial charge on any atom is -0.353 e. The summed E-state index contributed by atoms with van der Waals surface area (Å²) in [7, 11) is 3.89. The van der Waals surface area contributed by atoms with E-state index in [1.54, 1.807) is 0 Å². The molecule has 2 amide bonds. The van der Waals surface area contributed by atoms with Crippen LogP contribution >= 0.6 is 0 Å². The Morgan fingerprint density at radius 1 is 0.773 bits per heavy atom. The van der Waals surface area contributed by atoms with Crippen molar-refractivity contribution in [3.05, 3.63) is 0 Å². The number of amides is 2. The maximum absolute atomic E-state index is 11.7. The first-order valence-electron chi connectivity index (χ1n) is 8.06. The second kappa shape index (κ2) is 10.6. The van der Waals surface area contributed by atoms with Gasteiger partial charge in [0.05, 0.1) is 13.1 Å². The second-order valence-corrected chi connectivity index (χ2v) is 6.94. The van der Waals surface area contributed by atoms with Crippen LogP contribution < -0.4 is 10.6 Å². The van der Waals surface area contributed by atoms with Gasteiger partial charge in [-0.1, -0.05) is 6.92 Å². The van der Waals surface area contributed by atoms with Crippen molar-refractivity contribution in [3.8, 4) is 0 Å². The van der Waals surface area contributed by atoms with Crippen LogP contribution in [0.5, 0.6) is 0 Å². The molecule has 0 rings (SSSR count). The van der Waals surface area contributed by atoms with Gasteiger partial charge in [-0.25, -0.2) is 0 Å². The summed E-state index contributed by atoms with van der Waals surface area (Å²) in [4.78, 5) is 27.4. The van der Waals surface area contributed by atoms with E-state index in [0.717, 1.165) is 13.1 Å². The molecule has 0 saturated carbocycles. The highest BCUT2D eigenvalue weighted by molar-refractivity contribution is 5.78. The van der Waals surface area contributed by atoms with E-state index in [9.17, 15) is 9.59 Å². The largest absolute Gasteiger partial charge is 0.353 e. The van der Waals surface area contributed by atoms with Crippen LogP contribution in [-0.2, 0) is 9.59 Å². The molecular weight excluding hydrogens is 280 g/mol. The summed E-state index contributed by atoms with van der Waals surface area (Å²) in [6.45, 7) is 12.4. The molecule has 6 nitrogen and oxygen atoms in total. The van der Waals surface area contributed by atoms with Crippen molar-refractivity contribution < 1.29 is 9.59 Å². The summed E-state index contributed by atoms with van der Waals surface area (Å²) in [6, 6.07) is 0.341. The van der Waals surface area contributed by atoms with E-state index in [-0.39, 0.29) is 23.9 Å². The Kier molecular flexibility index (Phi) is 10.0. The molecule has 130 valence electrons. The summed E-state index contributed by atoms with van der Waals surface area (Å²) in [5.41, 5.74) is 0. The predicted octanol–water partition coefficient (Wildman–Crippen LogP) is 0.535. The van der Waals surface area contributed by atoms with E-state index in [1.165, 1.54) is 0 Å². The molecule has 0 aromatic carbocycles. The van der Waals surface area contributed by atoms with Crippen molar-refractivity contribution in [2.45, 2.75) is 46.7 Å². The Bertz CT molecular complexity index is 313. The summed E-state index contributed by atoms with van der Waals surface area (Å²) in [5, 5.41) is 5.78. The molecule has 0 unspecified atom stereocenters. The molecule has 0 aromatic heterocycles. The number of carbonyl (C=O) groups excluding carboxylic acids is 2. The molecule has 2 N–H and O–H groups in total. The lowest BCUT2D eigenvalue weighted by molar-refractivity contribution is -0.123. The normalized spacial score (nSPS) is 11.8. The van der Waals surface area contributed by atoms with Gasteiger partial charge >= 0.3 is 0 Å². The van der Waals surface area contributed by atoms with Gasteiger partial charge in [-0.05, 0) is 47.7 Å². The average molecular weight is 314 g/mol. The molecule has 0 radical (unpaired) electrons. The Balaban J connectivity index is 4.03. The van der Waals surface area contributed by atoms with Gasteiger partial charge in [-0.2, -0.15) is 0 Å². The van der Waals surface area contributed by atoms with Crippen LogP contribution in [0, 0.1) is 5.92 Å². The molecule has 0 aliphatic rings. The summed E-state index contributed by atoms with van der Waals surface area (Å²) in [5.74, 6) is 0.484. The smallest absolute Gasteiger partial charge is 0.234 e. The third kappa shape index (κ3) is 11.5. The quantitative estimate of drug-likeness (QED) is 0.617. The molecule has 0 aliphatic carbocycles. The fraction of sp³-hybridized carbons (Fsp3) is 0.875. The first kappa shape index (κ1) is 20.9. The third-order valence-corrected chi connectivity index (χ3v) is 2.97. The minimum absolute atomic E-state index is 0.0503. The number of carbonyl (C=O) groups is 2. The number of hydrogen-bond acceptors (Lipinski definition) is 4. The maximum atomic E-state index is 11.7. The van der Waals surface area contributed by atoms with Gasteiger partial charge in [-0.3, -0.25) is 19.4 Å². The van der Waals surface area contributed by atoms with E-state index in [0.29, 0.717) is 19.0 Å². The number of likely N-dealkylation sites (N-methyl/N-ethyl adjacent to an activating group) is 2. The van der Waals surface area contributed by atoms with E-state index in [4.69, 9.17) is 0 Å². The van der Waals surface area contributed by atoms with Crippen LogP contribution in [0.25, 0.3) is 0 Å². The maximum Gasteiger partial charge on any atom is 0.234 e. The molecule has 0 atom stereocenters. The Hall–Kier alpha value is -1.14. The molecule has 0 aromatic rings. The van der Waals surface area contributed by atoms with E-state index < -0.39 is 0 Å². The topological polar surface area (TPSA) is 64.7 Å². The lowest BCUT2D eigenvalue weighted by Crippen LogP contribution is -2.43. The molecule has 22 heavy (non-hydrogen) atoms. The van der Waals surface area contributed by atoms with Crippen LogP contribution in [0.3, 0.4) is 0 Å². The molecule has 0 bridgehead atoms. The van der Waals surface area contributed by atoms with Crippen molar-refractivity contribution in [1.82, 2.24) is 20.4 Å². The average Bonchev–Trinajstić information content (AvgIpc) is 2.23. The molecule has 0 heterocycles. The lowest BCUT2D eigenvalue weighted by atomic mass is 10.1. The van der Waals surface area contributed by atoms with Crippen LogP contribution in [0.4, 0.5) is 0 Å². The van der Waals surface area contributed by atoms with Gasteiger partial charge in [0.25, 0.3) is 0 Å². The SMILES string of the molecule is CC(CN(C)CC(=O)NC(C)C)CN(C)CC(=O)NC(C)C. The van der Waals surface area contributed by atoms with Gasteiger partial charge in [0, 0.05) is 25.2 Å². The highest BCUT2D eigenvalue weighted by Gasteiger charge is 2.14. The van der Waals surface area contributed by atoms with E-state index in [1.807, 2.05) is 51.6 Å². The summed E-state index contributed by atoms with van der Waals surface area (Å²) < 4.78 is 0. The zero-order valence-corrected chi connectivity index (χ0v) is 15.3. The Morgan fingerprint density at radius 3 is 1.36 bits per heavy atom. The van der Waals surface area contributed by atoms with E-state index in [2.05, 4.69) is 17.6 Å². The van der Waals surface area contributed by atoms with Gasteiger partial charge in [0.2, 0.25) is 11.8 Å². The van der Waals surface area contributed by atoms with Gasteiger partial charge in [0.15, 0.2) is 0 Å². The minimum atomic E-state index is 0.0503. The fourth-order valence-corrected chi connectivity index (χ4v) is 2.48. The van der Waals surface area contributed by atoms with Crippen LogP contribution in [0.1, 0.15) is 34.6 Å². The summed E-state index contributed by atoms with van der Waals surface area (Å²) in [6.07, 6.45) is 0. The van der Waals surface area contributed by atoms with Gasteiger partial charge in [0.1, 0.15) is 0 Å². The van der Waals surface area contributed by atoms with Crippen molar-refractivity contribution in [2.75, 3.05) is 40.3 Å². The molecule has 6 heteroatoms. The van der Waals surface area contributed by atoms with Crippen molar-refractivity contribution in [2.24, 2.45) is 5.92 Å². The second-order valence-electron chi connectivity index (χ2n) is 6.94. The predicted molar refractivity (Wildman–Crippen MR) is 90.7 cm³/mol. The van der Waals surface area contributed by atoms with Crippen molar-refractivity contribution in [1.29, 1.82) is 0 Å². The standard InChI is InChI=1S/C16H34N4O2/c1-12(2)17-15(21)10-19(6)8-14(5)9-20(7)11-16(22)18-13(3)4/h12-14H,8-11H2,1-7H3,(H,17,21)(H,18,22). The fourth-order valence-electron chi connectivity index (χ4n) is 2.48.